The SMILES string of the molecule is CCNC(=O)C(=O)C=C/C(=C\CN)C(F)(F)F. The number of amides is 1. The fourth-order valence-electron chi connectivity index (χ4n) is 0.894. The first-order valence-corrected chi connectivity index (χ1v) is 4.80. The molecule has 4 nitrogen and oxygen atoms in total. The Bertz CT molecular complexity index is 346. The van der Waals surface area contributed by atoms with E-state index >= 15 is 0 Å². The number of alkyl halides is 3. The number of nitrogens with two attached hydrogens (primary N) is 1. The van der Waals surface area contributed by atoms with Crippen LogP contribution in [-0.2, 0) is 9.59 Å². The smallest absolute Gasteiger partial charge is 0.349 e. The number of nitrogens with one attached hydrogen (secondary N) is 1. The van der Waals surface area contributed by atoms with Crippen LogP contribution in [0.4, 0.5) is 13.2 Å². The second-order valence-electron chi connectivity index (χ2n) is 2.95. The summed E-state index contributed by atoms with van der Waals surface area (Å²) in [6.07, 6.45) is -2.77. The summed E-state index contributed by atoms with van der Waals surface area (Å²) in [5, 5.41) is 2.17. The summed E-state index contributed by atoms with van der Waals surface area (Å²) in [5.74, 6) is -1.99. The van der Waals surface area contributed by atoms with Gasteiger partial charge in [0.25, 0.3) is 5.91 Å². The number of carbonyl (C=O) groups excluding carboxylic acids is 2. The largest absolute Gasteiger partial charge is 0.416 e. The van der Waals surface area contributed by atoms with Crippen molar-refractivity contribution in [2.45, 2.75) is 13.1 Å². The minimum Gasteiger partial charge on any atom is -0.349 e. The lowest BCUT2D eigenvalue weighted by molar-refractivity contribution is -0.135. The van der Waals surface area contributed by atoms with E-state index in [0.717, 1.165) is 6.08 Å². The molecule has 0 aliphatic carbocycles. The molecule has 0 fully saturated rings. The number of allylic oxidation sites excluding steroid dienone is 2. The summed E-state index contributed by atoms with van der Waals surface area (Å²) in [5.41, 5.74) is 3.91. The predicted molar refractivity (Wildman–Crippen MR) is 56.0 cm³/mol. The van der Waals surface area contributed by atoms with Crippen LogP contribution in [0.15, 0.2) is 23.8 Å². The monoisotopic (exact) mass is 250 g/mol. The molecule has 0 saturated heterocycles. The molecule has 0 aromatic carbocycles. The second kappa shape index (κ2) is 6.85. The molecule has 3 N–H and O–H groups in total. The molecular formula is C10H13F3N2O2. The Hall–Kier alpha value is -1.63. The van der Waals surface area contributed by atoms with E-state index in [1.165, 1.54) is 0 Å². The Balaban J connectivity index is 4.74. The molecule has 0 aromatic rings. The highest BCUT2D eigenvalue weighted by Gasteiger charge is 2.31. The van der Waals surface area contributed by atoms with Gasteiger partial charge >= 0.3 is 6.18 Å². The lowest BCUT2D eigenvalue weighted by Crippen LogP contribution is -2.29. The van der Waals surface area contributed by atoms with E-state index < -0.39 is 23.4 Å². The van der Waals surface area contributed by atoms with Gasteiger partial charge in [-0.25, -0.2) is 0 Å². The third-order valence-electron chi connectivity index (χ3n) is 1.64. The second-order valence-corrected chi connectivity index (χ2v) is 2.95. The first-order chi connectivity index (χ1) is 7.82. The molecule has 0 atom stereocenters. The minimum atomic E-state index is -4.60. The Labute approximate surface area is 96.4 Å². The van der Waals surface area contributed by atoms with Crippen molar-refractivity contribution >= 4 is 11.7 Å². The molecule has 0 radical (unpaired) electrons. The van der Waals surface area contributed by atoms with E-state index in [-0.39, 0.29) is 13.1 Å². The van der Waals surface area contributed by atoms with Crippen LogP contribution in [0.1, 0.15) is 6.92 Å². The van der Waals surface area contributed by atoms with Crippen molar-refractivity contribution in [2.75, 3.05) is 13.1 Å². The Morgan fingerprint density at radius 1 is 1.29 bits per heavy atom. The van der Waals surface area contributed by atoms with Crippen LogP contribution >= 0.6 is 0 Å². The molecule has 1 amide bonds. The van der Waals surface area contributed by atoms with E-state index in [4.69, 9.17) is 5.73 Å². The number of halogens is 3. The molecule has 0 saturated carbocycles. The van der Waals surface area contributed by atoms with Gasteiger partial charge < -0.3 is 11.1 Å². The van der Waals surface area contributed by atoms with Crippen LogP contribution in [0.5, 0.6) is 0 Å². The normalized spacial score (nSPS) is 12.9. The van der Waals surface area contributed by atoms with E-state index in [1.54, 1.807) is 6.92 Å². The highest BCUT2D eigenvalue weighted by atomic mass is 19.4. The highest BCUT2D eigenvalue weighted by Crippen LogP contribution is 2.26. The van der Waals surface area contributed by atoms with Gasteiger partial charge in [0.05, 0.1) is 5.57 Å². The van der Waals surface area contributed by atoms with Crippen molar-refractivity contribution in [3.63, 3.8) is 0 Å². The van der Waals surface area contributed by atoms with Crippen molar-refractivity contribution < 1.29 is 22.8 Å². The number of hydrogen-bond donors (Lipinski definition) is 2. The summed E-state index contributed by atoms with van der Waals surface area (Å²) in [6, 6.07) is 0. The molecule has 96 valence electrons. The Kier molecular flexibility index (Phi) is 6.19. The summed E-state index contributed by atoms with van der Waals surface area (Å²) < 4.78 is 37.0. The number of hydrogen-bond acceptors (Lipinski definition) is 3. The maximum Gasteiger partial charge on any atom is 0.416 e. The van der Waals surface area contributed by atoms with Crippen LogP contribution < -0.4 is 11.1 Å². The van der Waals surface area contributed by atoms with Gasteiger partial charge in [-0.05, 0) is 19.1 Å². The molecule has 0 aliphatic heterocycles. The molecule has 7 heteroatoms. The highest BCUT2D eigenvalue weighted by molar-refractivity contribution is 6.40. The molecule has 0 aliphatic rings. The van der Waals surface area contributed by atoms with E-state index in [9.17, 15) is 22.8 Å². The van der Waals surface area contributed by atoms with Crippen molar-refractivity contribution in [1.82, 2.24) is 5.32 Å². The van der Waals surface area contributed by atoms with Gasteiger partial charge in [-0.1, -0.05) is 6.08 Å². The van der Waals surface area contributed by atoms with Gasteiger partial charge in [0.2, 0.25) is 5.78 Å². The number of rotatable bonds is 5. The predicted octanol–water partition coefficient (Wildman–Crippen LogP) is 0.695. The van der Waals surface area contributed by atoms with Gasteiger partial charge in [0, 0.05) is 13.1 Å². The van der Waals surface area contributed by atoms with Gasteiger partial charge in [0.1, 0.15) is 0 Å². The van der Waals surface area contributed by atoms with Crippen molar-refractivity contribution in [3.05, 3.63) is 23.8 Å². The third kappa shape index (κ3) is 5.86. The van der Waals surface area contributed by atoms with Crippen LogP contribution in [-0.4, -0.2) is 31.0 Å². The van der Waals surface area contributed by atoms with E-state index in [2.05, 4.69) is 5.32 Å². The maximum absolute atomic E-state index is 12.3. The molecule has 0 unspecified atom stereocenters. The summed E-state index contributed by atoms with van der Waals surface area (Å²) in [4.78, 5) is 22.0. The molecule has 0 bridgehead atoms. The Morgan fingerprint density at radius 3 is 2.29 bits per heavy atom. The van der Waals surface area contributed by atoms with Crippen LogP contribution in [0.3, 0.4) is 0 Å². The first-order valence-electron chi connectivity index (χ1n) is 4.80. The third-order valence-corrected chi connectivity index (χ3v) is 1.64. The topological polar surface area (TPSA) is 72.2 Å². The van der Waals surface area contributed by atoms with Crippen molar-refractivity contribution in [2.24, 2.45) is 5.73 Å². The summed E-state index contributed by atoms with van der Waals surface area (Å²) in [7, 11) is 0. The average Bonchev–Trinajstić information content (AvgIpc) is 2.22. The molecule has 0 rings (SSSR count). The summed E-state index contributed by atoms with van der Waals surface area (Å²) in [6.45, 7) is 1.50. The lowest BCUT2D eigenvalue weighted by Gasteiger charge is -2.06. The molecule has 0 aromatic heterocycles. The molecular weight excluding hydrogens is 237 g/mol. The zero-order valence-electron chi connectivity index (χ0n) is 9.17. The quantitative estimate of drug-likeness (QED) is 0.428. The van der Waals surface area contributed by atoms with E-state index in [0.29, 0.717) is 12.2 Å². The maximum atomic E-state index is 12.3. The van der Waals surface area contributed by atoms with Gasteiger partial charge in [-0.2, -0.15) is 13.2 Å². The van der Waals surface area contributed by atoms with E-state index in [1.807, 2.05) is 0 Å². The number of ketones is 1. The molecule has 17 heavy (non-hydrogen) atoms. The van der Waals surface area contributed by atoms with Crippen LogP contribution in [0.2, 0.25) is 0 Å². The standard InChI is InChI=1S/C10H13F3N2O2/c1-2-15-9(17)8(16)4-3-7(5-6-14)10(11,12)13/h3-5H,2,6,14H2,1H3,(H,15,17)/b4-3?,7-5+. The zero-order valence-corrected chi connectivity index (χ0v) is 9.17. The molecule has 0 heterocycles. The number of carbonyl (C=O) groups is 2. The summed E-state index contributed by atoms with van der Waals surface area (Å²) >= 11 is 0. The molecule has 0 spiro atoms. The Morgan fingerprint density at radius 2 is 1.88 bits per heavy atom. The minimum absolute atomic E-state index is 0.225. The first kappa shape index (κ1) is 15.4. The van der Waals surface area contributed by atoms with Crippen LogP contribution in [0, 0.1) is 0 Å². The van der Waals surface area contributed by atoms with Gasteiger partial charge in [-0.15, -0.1) is 0 Å². The number of likely N-dealkylation sites (N-methyl/N-ethyl adjacent to an activating group) is 1. The fourth-order valence-corrected chi connectivity index (χ4v) is 0.894. The van der Waals surface area contributed by atoms with Crippen molar-refractivity contribution in [3.8, 4) is 0 Å². The van der Waals surface area contributed by atoms with Gasteiger partial charge in [-0.3, -0.25) is 9.59 Å². The van der Waals surface area contributed by atoms with Crippen LogP contribution in [0.25, 0.3) is 0 Å². The zero-order chi connectivity index (χ0) is 13.5. The lowest BCUT2D eigenvalue weighted by atomic mass is 10.2. The van der Waals surface area contributed by atoms with Crippen molar-refractivity contribution in [1.29, 1.82) is 0 Å². The average molecular weight is 250 g/mol. The fraction of sp³-hybridized carbons (Fsp3) is 0.400. The van der Waals surface area contributed by atoms with Gasteiger partial charge in [0.15, 0.2) is 0 Å².